The van der Waals surface area contributed by atoms with E-state index >= 15 is 0 Å². The van der Waals surface area contributed by atoms with Gasteiger partial charge in [-0.15, -0.1) is 0 Å². The molecule has 6 heteroatoms. The van der Waals surface area contributed by atoms with Crippen LogP contribution >= 0.6 is 11.6 Å². The Morgan fingerprint density at radius 1 is 0.929 bits per heavy atom. The van der Waals surface area contributed by atoms with E-state index in [1.807, 2.05) is 24.4 Å². The van der Waals surface area contributed by atoms with Gasteiger partial charge in [0.1, 0.15) is 0 Å². The average molecular weight is 398 g/mol. The molecule has 2 heterocycles. The summed E-state index contributed by atoms with van der Waals surface area (Å²) >= 11 is 6.12. The Morgan fingerprint density at radius 2 is 1.71 bits per heavy atom. The number of methoxy groups -OCH3 is 2. The number of piperazine rings is 1. The number of ether oxygens (including phenoxy) is 2. The van der Waals surface area contributed by atoms with Crippen LogP contribution in [0, 0.1) is 0 Å². The number of fused-ring (bicyclic) bond motifs is 1. The lowest BCUT2D eigenvalue weighted by atomic mass is 10.1. The van der Waals surface area contributed by atoms with E-state index in [9.17, 15) is 0 Å². The Labute approximate surface area is 170 Å². The molecule has 1 aliphatic heterocycles. The molecule has 0 unspecified atom stereocenters. The second-order valence-electron chi connectivity index (χ2n) is 6.94. The molecule has 28 heavy (non-hydrogen) atoms. The first kappa shape index (κ1) is 18.8. The highest BCUT2D eigenvalue weighted by Crippen LogP contribution is 2.30. The third kappa shape index (κ3) is 3.86. The molecule has 2 aromatic carbocycles. The van der Waals surface area contributed by atoms with Crippen LogP contribution in [-0.4, -0.2) is 50.3 Å². The highest BCUT2D eigenvalue weighted by molar-refractivity contribution is 6.31. The first-order valence-electron chi connectivity index (χ1n) is 9.40. The Morgan fingerprint density at radius 3 is 2.46 bits per heavy atom. The average Bonchev–Trinajstić information content (AvgIpc) is 2.73. The van der Waals surface area contributed by atoms with Gasteiger partial charge in [-0.2, -0.15) is 0 Å². The number of hydrogen-bond donors (Lipinski definition) is 0. The number of anilines is 1. The third-order valence-corrected chi connectivity index (χ3v) is 5.48. The number of hydrogen-bond acceptors (Lipinski definition) is 5. The summed E-state index contributed by atoms with van der Waals surface area (Å²) in [7, 11) is 3.33. The van der Waals surface area contributed by atoms with Crippen molar-refractivity contribution in [1.29, 1.82) is 0 Å². The minimum absolute atomic E-state index is 0.719. The normalized spacial score (nSPS) is 15.0. The molecule has 146 valence electrons. The van der Waals surface area contributed by atoms with E-state index in [1.54, 1.807) is 14.2 Å². The number of rotatable bonds is 5. The van der Waals surface area contributed by atoms with Crippen molar-refractivity contribution in [3.05, 3.63) is 59.2 Å². The van der Waals surface area contributed by atoms with Crippen molar-refractivity contribution in [1.82, 2.24) is 9.88 Å². The number of nitrogens with zero attached hydrogens (tertiary/aromatic N) is 3. The van der Waals surface area contributed by atoms with E-state index in [-0.39, 0.29) is 0 Å². The van der Waals surface area contributed by atoms with Crippen molar-refractivity contribution in [2.24, 2.45) is 0 Å². The van der Waals surface area contributed by atoms with Crippen molar-refractivity contribution in [3.63, 3.8) is 0 Å². The molecule has 1 saturated heterocycles. The minimum atomic E-state index is 0.719. The van der Waals surface area contributed by atoms with E-state index in [0.717, 1.165) is 60.1 Å². The van der Waals surface area contributed by atoms with Crippen LogP contribution in [0.1, 0.15) is 5.56 Å². The molecule has 5 nitrogen and oxygen atoms in total. The van der Waals surface area contributed by atoms with Crippen LogP contribution in [0.4, 0.5) is 5.69 Å². The molecular weight excluding hydrogens is 374 g/mol. The Bertz CT molecular complexity index is 971. The van der Waals surface area contributed by atoms with Gasteiger partial charge in [-0.1, -0.05) is 17.7 Å². The van der Waals surface area contributed by atoms with Gasteiger partial charge in [0.15, 0.2) is 11.5 Å². The molecule has 0 radical (unpaired) electrons. The van der Waals surface area contributed by atoms with Gasteiger partial charge in [-0.05, 0) is 42.0 Å². The molecule has 0 bridgehead atoms. The first-order valence-corrected chi connectivity index (χ1v) is 9.78. The minimum Gasteiger partial charge on any atom is -0.493 e. The van der Waals surface area contributed by atoms with Gasteiger partial charge in [0.2, 0.25) is 0 Å². The molecule has 1 aromatic heterocycles. The second-order valence-corrected chi connectivity index (χ2v) is 7.38. The van der Waals surface area contributed by atoms with Crippen LogP contribution in [0.2, 0.25) is 5.02 Å². The van der Waals surface area contributed by atoms with Gasteiger partial charge >= 0.3 is 0 Å². The zero-order valence-corrected chi connectivity index (χ0v) is 16.9. The quantitative estimate of drug-likeness (QED) is 0.644. The van der Waals surface area contributed by atoms with E-state index in [0.29, 0.717) is 0 Å². The van der Waals surface area contributed by atoms with Crippen LogP contribution in [0.25, 0.3) is 10.9 Å². The van der Waals surface area contributed by atoms with Crippen molar-refractivity contribution in [2.45, 2.75) is 6.54 Å². The molecule has 0 amide bonds. The lowest BCUT2D eigenvalue weighted by Crippen LogP contribution is -2.46. The summed E-state index contributed by atoms with van der Waals surface area (Å²) in [5, 5.41) is 1.87. The van der Waals surface area contributed by atoms with E-state index in [2.05, 4.69) is 39.0 Å². The molecule has 0 spiro atoms. The predicted molar refractivity (Wildman–Crippen MR) is 114 cm³/mol. The molecule has 0 atom stereocenters. The highest BCUT2D eigenvalue weighted by Gasteiger charge is 2.19. The molecular formula is C22H24ClN3O2. The molecule has 0 saturated carbocycles. The number of benzene rings is 2. The summed E-state index contributed by atoms with van der Waals surface area (Å²) in [5.41, 5.74) is 3.40. The third-order valence-electron chi connectivity index (χ3n) is 5.25. The fourth-order valence-electron chi connectivity index (χ4n) is 3.77. The van der Waals surface area contributed by atoms with Crippen LogP contribution in [0.5, 0.6) is 11.5 Å². The van der Waals surface area contributed by atoms with Gasteiger partial charge in [-0.3, -0.25) is 9.88 Å². The fraction of sp³-hybridized carbons (Fsp3) is 0.318. The van der Waals surface area contributed by atoms with Crippen molar-refractivity contribution in [3.8, 4) is 11.5 Å². The number of pyridine rings is 1. The standard InChI is InChI=1S/C22H24ClN3O2/c1-27-21-6-3-16(13-22(21)28-2)15-25-9-11-26(12-10-25)20-7-8-24-19-14-17(23)4-5-18(19)20/h3-8,13-14H,9-12,15H2,1-2H3. The van der Waals surface area contributed by atoms with Crippen LogP contribution in [-0.2, 0) is 6.54 Å². The van der Waals surface area contributed by atoms with E-state index < -0.39 is 0 Å². The SMILES string of the molecule is COc1ccc(CN2CCN(c3ccnc4cc(Cl)ccc34)CC2)cc1OC. The van der Waals surface area contributed by atoms with Crippen molar-refractivity contribution in [2.75, 3.05) is 45.3 Å². The summed E-state index contributed by atoms with van der Waals surface area (Å²) in [6, 6.07) is 14.2. The summed E-state index contributed by atoms with van der Waals surface area (Å²) in [4.78, 5) is 9.36. The maximum atomic E-state index is 6.12. The van der Waals surface area contributed by atoms with Crippen molar-refractivity contribution >= 4 is 28.2 Å². The first-order chi connectivity index (χ1) is 13.7. The summed E-state index contributed by atoms with van der Waals surface area (Å²) in [5.74, 6) is 1.54. The zero-order valence-electron chi connectivity index (χ0n) is 16.2. The molecule has 3 aromatic rings. The fourth-order valence-corrected chi connectivity index (χ4v) is 3.93. The van der Waals surface area contributed by atoms with Gasteiger partial charge in [0.05, 0.1) is 19.7 Å². The van der Waals surface area contributed by atoms with Gasteiger partial charge in [0, 0.05) is 55.0 Å². The Hall–Kier alpha value is -2.50. The summed E-state index contributed by atoms with van der Waals surface area (Å²) in [6.45, 7) is 4.88. The largest absolute Gasteiger partial charge is 0.493 e. The maximum Gasteiger partial charge on any atom is 0.161 e. The molecule has 1 fully saturated rings. The number of halogens is 1. The van der Waals surface area contributed by atoms with Crippen LogP contribution in [0.15, 0.2) is 48.7 Å². The van der Waals surface area contributed by atoms with E-state index in [1.165, 1.54) is 11.3 Å². The summed E-state index contributed by atoms with van der Waals surface area (Å²) < 4.78 is 10.8. The highest BCUT2D eigenvalue weighted by atomic mass is 35.5. The smallest absolute Gasteiger partial charge is 0.161 e. The van der Waals surface area contributed by atoms with Gasteiger partial charge < -0.3 is 14.4 Å². The Balaban J connectivity index is 1.44. The molecule has 0 aliphatic carbocycles. The molecule has 4 rings (SSSR count). The van der Waals surface area contributed by atoms with Crippen molar-refractivity contribution < 1.29 is 9.47 Å². The monoisotopic (exact) mass is 397 g/mol. The van der Waals surface area contributed by atoms with Crippen LogP contribution < -0.4 is 14.4 Å². The lowest BCUT2D eigenvalue weighted by Gasteiger charge is -2.36. The lowest BCUT2D eigenvalue weighted by molar-refractivity contribution is 0.249. The maximum absolute atomic E-state index is 6.12. The van der Waals surface area contributed by atoms with Crippen LogP contribution in [0.3, 0.4) is 0 Å². The topological polar surface area (TPSA) is 37.8 Å². The summed E-state index contributed by atoms with van der Waals surface area (Å²) in [6.07, 6.45) is 1.87. The zero-order chi connectivity index (χ0) is 19.5. The predicted octanol–water partition coefficient (Wildman–Crippen LogP) is 4.23. The van der Waals surface area contributed by atoms with E-state index in [4.69, 9.17) is 21.1 Å². The number of aromatic nitrogens is 1. The molecule has 0 N–H and O–H groups in total. The molecule has 1 aliphatic rings. The Kier molecular flexibility index (Phi) is 5.55. The van der Waals surface area contributed by atoms with Gasteiger partial charge in [0.25, 0.3) is 0 Å². The van der Waals surface area contributed by atoms with Gasteiger partial charge in [-0.25, -0.2) is 0 Å². The second kappa shape index (κ2) is 8.25.